The van der Waals surface area contributed by atoms with Crippen molar-refractivity contribution in [2.45, 2.75) is 11.8 Å². The fourth-order valence-electron chi connectivity index (χ4n) is 2.15. The molecule has 0 aliphatic carbocycles. The first-order valence-corrected chi connectivity index (χ1v) is 7.10. The molecule has 21 heavy (non-hydrogen) atoms. The minimum absolute atomic E-state index is 0.103. The van der Waals surface area contributed by atoms with Crippen LogP contribution in [0.15, 0.2) is 42.5 Å². The topological polar surface area (TPSA) is 27.7 Å². The summed E-state index contributed by atoms with van der Waals surface area (Å²) in [6.07, 6.45) is 0.717. The molecule has 0 aliphatic heterocycles. The smallest absolute Gasteiger partial charge is 0.160 e. The predicted octanol–water partition coefficient (Wildman–Crippen LogP) is 4.24. The summed E-state index contributed by atoms with van der Waals surface area (Å²) in [6.45, 7) is 0. The molecule has 3 nitrogen and oxygen atoms in total. The maximum absolute atomic E-state index is 6.49. The van der Waals surface area contributed by atoms with Crippen molar-refractivity contribution in [1.29, 1.82) is 0 Å². The zero-order valence-electron chi connectivity index (χ0n) is 12.4. The molecule has 2 rings (SSSR count). The molecule has 0 amide bonds. The number of rotatable bonds is 6. The number of ether oxygens (including phenoxy) is 3. The molecule has 0 spiro atoms. The first-order chi connectivity index (χ1) is 10.2. The second-order valence-electron chi connectivity index (χ2n) is 4.63. The summed E-state index contributed by atoms with van der Waals surface area (Å²) >= 11 is 6.49. The molecule has 0 bridgehead atoms. The standard InChI is InChI=1S/C17H19ClO3/c1-19-14-7-5-13(6-8-14)15(18)10-12-4-9-16(20-2)17(11-12)21-3/h4-9,11,15H,10H2,1-3H3. The molecule has 1 unspecified atom stereocenters. The maximum atomic E-state index is 6.49. The SMILES string of the molecule is COc1ccc(C(Cl)Cc2ccc(OC)c(OC)c2)cc1. The summed E-state index contributed by atoms with van der Waals surface area (Å²) in [5.74, 6) is 2.26. The van der Waals surface area contributed by atoms with Crippen molar-refractivity contribution in [3.05, 3.63) is 53.6 Å². The molecule has 0 fully saturated rings. The van der Waals surface area contributed by atoms with Crippen LogP contribution < -0.4 is 14.2 Å². The largest absolute Gasteiger partial charge is 0.497 e. The second kappa shape index (κ2) is 7.23. The highest BCUT2D eigenvalue weighted by atomic mass is 35.5. The van der Waals surface area contributed by atoms with Gasteiger partial charge in [-0.15, -0.1) is 11.6 Å². The molecule has 0 saturated carbocycles. The number of benzene rings is 2. The van der Waals surface area contributed by atoms with Gasteiger partial charge >= 0.3 is 0 Å². The zero-order valence-corrected chi connectivity index (χ0v) is 13.2. The molecule has 112 valence electrons. The van der Waals surface area contributed by atoms with Crippen molar-refractivity contribution in [3.8, 4) is 17.2 Å². The van der Waals surface area contributed by atoms with Crippen LogP contribution in [0.3, 0.4) is 0 Å². The Bertz CT molecular complexity index is 581. The Morgan fingerprint density at radius 3 is 2.10 bits per heavy atom. The third-order valence-electron chi connectivity index (χ3n) is 3.34. The van der Waals surface area contributed by atoms with Gasteiger partial charge in [0.1, 0.15) is 5.75 Å². The van der Waals surface area contributed by atoms with Gasteiger partial charge < -0.3 is 14.2 Å². The van der Waals surface area contributed by atoms with Crippen LogP contribution in [0.4, 0.5) is 0 Å². The molecule has 0 radical (unpaired) electrons. The van der Waals surface area contributed by atoms with E-state index in [-0.39, 0.29) is 5.38 Å². The second-order valence-corrected chi connectivity index (χ2v) is 5.16. The summed E-state index contributed by atoms with van der Waals surface area (Å²) in [5.41, 5.74) is 2.16. The van der Waals surface area contributed by atoms with Gasteiger partial charge in [-0.25, -0.2) is 0 Å². The normalized spacial score (nSPS) is 11.8. The number of hydrogen-bond acceptors (Lipinski definition) is 3. The Morgan fingerprint density at radius 1 is 0.857 bits per heavy atom. The van der Waals surface area contributed by atoms with E-state index in [9.17, 15) is 0 Å². The molecular formula is C17H19ClO3. The summed E-state index contributed by atoms with van der Waals surface area (Å²) in [6, 6.07) is 13.6. The van der Waals surface area contributed by atoms with E-state index >= 15 is 0 Å². The summed E-state index contributed by atoms with van der Waals surface area (Å²) in [7, 11) is 4.90. The van der Waals surface area contributed by atoms with Crippen LogP contribution in [0, 0.1) is 0 Å². The average molecular weight is 307 g/mol. The molecule has 0 aromatic heterocycles. The van der Waals surface area contributed by atoms with E-state index in [1.54, 1.807) is 21.3 Å². The van der Waals surface area contributed by atoms with Crippen molar-refractivity contribution in [3.63, 3.8) is 0 Å². The van der Waals surface area contributed by atoms with E-state index in [4.69, 9.17) is 25.8 Å². The van der Waals surface area contributed by atoms with Crippen molar-refractivity contribution in [2.75, 3.05) is 21.3 Å². The fourth-order valence-corrected chi connectivity index (χ4v) is 2.47. The number of methoxy groups -OCH3 is 3. The number of hydrogen-bond donors (Lipinski definition) is 0. The van der Waals surface area contributed by atoms with Gasteiger partial charge in [0, 0.05) is 0 Å². The third-order valence-corrected chi connectivity index (χ3v) is 3.75. The highest BCUT2D eigenvalue weighted by Gasteiger charge is 2.11. The van der Waals surface area contributed by atoms with E-state index in [1.807, 2.05) is 42.5 Å². The molecule has 0 saturated heterocycles. The minimum Gasteiger partial charge on any atom is -0.497 e. The van der Waals surface area contributed by atoms with E-state index in [0.29, 0.717) is 12.2 Å². The molecule has 4 heteroatoms. The van der Waals surface area contributed by atoms with Crippen molar-refractivity contribution in [1.82, 2.24) is 0 Å². The minimum atomic E-state index is -0.103. The van der Waals surface area contributed by atoms with E-state index in [0.717, 1.165) is 22.6 Å². The van der Waals surface area contributed by atoms with Gasteiger partial charge in [0.05, 0.1) is 26.7 Å². The van der Waals surface area contributed by atoms with Crippen LogP contribution in [0.25, 0.3) is 0 Å². The quantitative estimate of drug-likeness (QED) is 0.747. The number of alkyl halides is 1. The van der Waals surface area contributed by atoms with Crippen LogP contribution in [0.2, 0.25) is 0 Å². The monoisotopic (exact) mass is 306 g/mol. The molecule has 2 aromatic carbocycles. The lowest BCUT2D eigenvalue weighted by Gasteiger charge is -2.13. The van der Waals surface area contributed by atoms with Crippen molar-refractivity contribution < 1.29 is 14.2 Å². The average Bonchev–Trinajstić information content (AvgIpc) is 2.54. The maximum Gasteiger partial charge on any atom is 0.160 e. The first-order valence-electron chi connectivity index (χ1n) is 6.67. The Morgan fingerprint density at radius 2 is 1.52 bits per heavy atom. The van der Waals surface area contributed by atoms with Gasteiger partial charge in [0.15, 0.2) is 11.5 Å². The molecule has 0 heterocycles. The predicted molar refractivity (Wildman–Crippen MR) is 84.8 cm³/mol. The van der Waals surface area contributed by atoms with Gasteiger partial charge in [-0.05, 0) is 41.8 Å². The highest BCUT2D eigenvalue weighted by molar-refractivity contribution is 6.20. The lowest BCUT2D eigenvalue weighted by Crippen LogP contribution is -1.98. The van der Waals surface area contributed by atoms with Crippen LogP contribution >= 0.6 is 11.6 Å². The van der Waals surface area contributed by atoms with Crippen LogP contribution in [-0.4, -0.2) is 21.3 Å². The molecule has 0 N–H and O–H groups in total. The summed E-state index contributed by atoms with van der Waals surface area (Å²) < 4.78 is 15.7. The molecule has 1 atom stereocenters. The Labute approximate surface area is 130 Å². The third kappa shape index (κ3) is 3.82. The lowest BCUT2D eigenvalue weighted by molar-refractivity contribution is 0.354. The zero-order chi connectivity index (χ0) is 15.2. The van der Waals surface area contributed by atoms with Crippen LogP contribution in [-0.2, 0) is 6.42 Å². The number of halogens is 1. The Balaban J connectivity index is 2.12. The Hall–Kier alpha value is -1.87. The van der Waals surface area contributed by atoms with Crippen molar-refractivity contribution in [2.24, 2.45) is 0 Å². The summed E-state index contributed by atoms with van der Waals surface area (Å²) in [4.78, 5) is 0. The first kappa shape index (κ1) is 15.5. The van der Waals surface area contributed by atoms with Gasteiger partial charge in [0.25, 0.3) is 0 Å². The molecule has 0 aliphatic rings. The molecular weight excluding hydrogens is 288 g/mol. The molecule has 2 aromatic rings. The van der Waals surface area contributed by atoms with E-state index in [2.05, 4.69) is 0 Å². The van der Waals surface area contributed by atoms with Gasteiger partial charge in [-0.1, -0.05) is 18.2 Å². The Kier molecular flexibility index (Phi) is 5.34. The van der Waals surface area contributed by atoms with E-state index < -0.39 is 0 Å². The van der Waals surface area contributed by atoms with Crippen LogP contribution in [0.1, 0.15) is 16.5 Å². The van der Waals surface area contributed by atoms with Gasteiger partial charge in [-0.3, -0.25) is 0 Å². The fraction of sp³-hybridized carbons (Fsp3) is 0.294. The van der Waals surface area contributed by atoms with Crippen LogP contribution in [0.5, 0.6) is 17.2 Å². The van der Waals surface area contributed by atoms with Gasteiger partial charge in [0.2, 0.25) is 0 Å². The highest BCUT2D eigenvalue weighted by Crippen LogP contribution is 2.31. The summed E-state index contributed by atoms with van der Waals surface area (Å²) in [5, 5.41) is -0.103. The van der Waals surface area contributed by atoms with Gasteiger partial charge in [-0.2, -0.15) is 0 Å². The van der Waals surface area contributed by atoms with E-state index in [1.165, 1.54) is 0 Å². The van der Waals surface area contributed by atoms with Crippen molar-refractivity contribution >= 4 is 11.6 Å². The lowest BCUT2D eigenvalue weighted by atomic mass is 10.0.